The van der Waals surface area contributed by atoms with Crippen LogP contribution in [0, 0.1) is 5.92 Å². The maximum atomic E-state index is 5.73. The fraction of sp³-hybridized carbons (Fsp3) is 0.529. The van der Waals surface area contributed by atoms with Crippen molar-refractivity contribution in [3.63, 3.8) is 0 Å². The van der Waals surface area contributed by atoms with Gasteiger partial charge < -0.3 is 9.30 Å². The van der Waals surface area contributed by atoms with Crippen LogP contribution in [-0.4, -0.2) is 10.7 Å². The Labute approximate surface area is 116 Å². The average Bonchev–Trinajstić information content (AvgIpc) is 2.70. The Morgan fingerprint density at radius 3 is 2.58 bits per heavy atom. The van der Waals surface area contributed by atoms with Gasteiger partial charge in [0.25, 0.3) is 0 Å². The van der Waals surface area contributed by atoms with Crippen LogP contribution in [0.15, 0.2) is 30.5 Å². The lowest BCUT2D eigenvalue weighted by Crippen LogP contribution is -2.05. The van der Waals surface area contributed by atoms with E-state index in [0.717, 1.165) is 18.2 Å². The molecule has 0 unspecified atom stereocenters. The number of ether oxygens (including phenoxy) is 1. The van der Waals surface area contributed by atoms with Crippen LogP contribution in [0.2, 0.25) is 0 Å². The van der Waals surface area contributed by atoms with Gasteiger partial charge in [-0.05, 0) is 56.9 Å². The summed E-state index contributed by atoms with van der Waals surface area (Å²) >= 11 is 0. The highest BCUT2D eigenvalue weighted by Crippen LogP contribution is 2.23. The van der Waals surface area contributed by atoms with E-state index in [9.17, 15) is 0 Å². The van der Waals surface area contributed by atoms with Crippen molar-refractivity contribution in [3.05, 3.63) is 30.5 Å². The van der Waals surface area contributed by atoms with Gasteiger partial charge in [0.05, 0.1) is 6.10 Å². The minimum absolute atomic E-state index is 0.227. The first-order valence-electron chi connectivity index (χ1n) is 7.32. The van der Waals surface area contributed by atoms with Crippen molar-refractivity contribution >= 4 is 10.9 Å². The van der Waals surface area contributed by atoms with Gasteiger partial charge in [0, 0.05) is 23.6 Å². The maximum absolute atomic E-state index is 5.73. The average molecular weight is 259 g/mol. The smallest absolute Gasteiger partial charge is 0.120 e. The number of aromatic nitrogens is 1. The summed E-state index contributed by atoms with van der Waals surface area (Å²) in [6.07, 6.45) is 4.94. The molecule has 2 nitrogen and oxygen atoms in total. The van der Waals surface area contributed by atoms with Crippen LogP contribution < -0.4 is 4.74 Å². The second kappa shape index (κ2) is 6.14. The van der Waals surface area contributed by atoms with Crippen LogP contribution in [0.1, 0.15) is 40.5 Å². The quantitative estimate of drug-likeness (QED) is 0.722. The van der Waals surface area contributed by atoms with Crippen LogP contribution in [0.3, 0.4) is 0 Å². The van der Waals surface area contributed by atoms with Crippen LogP contribution >= 0.6 is 0 Å². The number of hydrogen-bond acceptors (Lipinski definition) is 1. The van der Waals surface area contributed by atoms with E-state index in [0.29, 0.717) is 0 Å². The Kier molecular flexibility index (Phi) is 4.52. The monoisotopic (exact) mass is 259 g/mol. The molecule has 2 aromatic rings. The summed E-state index contributed by atoms with van der Waals surface area (Å²) in [7, 11) is 0. The zero-order valence-electron chi connectivity index (χ0n) is 12.5. The molecule has 0 saturated heterocycles. The summed E-state index contributed by atoms with van der Waals surface area (Å²) in [5, 5.41) is 1.27. The predicted molar refractivity (Wildman–Crippen MR) is 81.8 cm³/mol. The van der Waals surface area contributed by atoms with Crippen molar-refractivity contribution in [2.45, 2.75) is 53.2 Å². The molecule has 1 aromatic carbocycles. The van der Waals surface area contributed by atoms with Gasteiger partial charge in [0.1, 0.15) is 5.75 Å². The van der Waals surface area contributed by atoms with Gasteiger partial charge in [-0.25, -0.2) is 0 Å². The van der Waals surface area contributed by atoms with Crippen LogP contribution in [0.25, 0.3) is 10.9 Å². The highest BCUT2D eigenvalue weighted by Gasteiger charge is 2.04. The molecule has 0 N–H and O–H groups in total. The predicted octanol–water partition coefficient (Wildman–Crippen LogP) is 4.86. The van der Waals surface area contributed by atoms with Gasteiger partial charge in [-0.3, -0.25) is 0 Å². The third kappa shape index (κ3) is 3.76. The first kappa shape index (κ1) is 14.0. The summed E-state index contributed by atoms with van der Waals surface area (Å²) in [6.45, 7) is 9.78. The molecule has 0 aliphatic rings. The van der Waals surface area contributed by atoms with Gasteiger partial charge in [0.2, 0.25) is 0 Å². The Hall–Kier alpha value is -1.44. The minimum atomic E-state index is 0.227. The zero-order chi connectivity index (χ0) is 13.8. The fourth-order valence-corrected chi connectivity index (χ4v) is 2.39. The summed E-state index contributed by atoms with van der Waals surface area (Å²) < 4.78 is 8.08. The molecular weight excluding hydrogens is 234 g/mol. The second-order valence-electron chi connectivity index (χ2n) is 5.93. The number of benzene rings is 1. The highest BCUT2D eigenvalue weighted by molar-refractivity contribution is 5.81. The molecule has 0 bridgehead atoms. The molecule has 0 spiro atoms. The molecule has 2 rings (SSSR count). The summed E-state index contributed by atoms with van der Waals surface area (Å²) in [6, 6.07) is 8.55. The van der Waals surface area contributed by atoms with E-state index in [1.807, 2.05) is 0 Å². The zero-order valence-corrected chi connectivity index (χ0v) is 12.5. The molecule has 0 fully saturated rings. The van der Waals surface area contributed by atoms with Gasteiger partial charge in [-0.2, -0.15) is 0 Å². The minimum Gasteiger partial charge on any atom is -0.491 e. The lowest BCUT2D eigenvalue weighted by Gasteiger charge is -2.10. The van der Waals surface area contributed by atoms with Gasteiger partial charge in [-0.15, -0.1) is 0 Å². The lowest BCUT2D eigenvalue weighted by molar-refractivity contribution is 0.243. The van der Waals surface area contributed by atoms with Crippen molar-refractivity contribution in [2.75, 3.05) is 0 Å². The number of aryl methyl sites for hydroxylation is 1. The molecule has 19 heavy (non-hydrogen) atoms. The van der Waals surface area contributed by atoms with Crippen LogP contribution in [0.4, 0.5) is 0 Å². The van der Waals surface area contributed by atoms with E-state index in [2.05, 4.69) is 62.7 Å². The van der Waals surface area contributed by atoms with E-state index in [4.69, 9.17) is 4.74 Å². The number of hydrogen-bond donors (Lipinski definition) is 0. The van der Waals surface area contributed by atoms with Crippen molar-refractivity contribution < 1.29 is 4.74 Å². The Morgan fingerprint density at radius 2 is 1.89 bits per heavy atom. The fourth-order valence-electron chi connectivity index (χ4n) is 2.39. The summed E-state index contributed by atoms with van der Waals surface area (Å²) in [5.74, 6) is 1.75. The third-order valence-electron chi connectivity index (χ3n) is 3.29. The van der Waals surface area contributed by atoms with Crippen molar-refractivity contribution in [1.82, 2.24) is 4.57 Å². The normalized spacial score (nSPS) is 11.7. The molecule has 0 aliphatic carbocycles. The molecule has 0 radical (unpaired) electrons. The molecule has 0 saturated carbocycles. The SMILES string of the molecule is CC(C)CCCn1ccc2cc(OC(C)C)ccc21. The molecule has 0 aliphatic heterocycles. The largest absolute Gasteiger partial charge is 0.491 e. The van der Waals surface area contributed by atoms with Crippen molar-refractivity contribution in [2.24, 2.45) is 5.92 Å². The van der Waals surface area contributed by atoms with Gasteiger partial charge in [-0.1, -0.05) is 13.8 Å². The topological polar surface area (TPSA) is 14.2 Å². The number of rotatable bonds is 6. The van der Waals surface area contributed by atoms with Crippen LogP contribution in [-0.2, 0) is 6.54 Å². The molecular formula is C17H25NO. The Bertz CT molecular complexity index is 525. The molecule has 1 aromatic heterocycles. The number of fused-ring (bicyclic) bond motifs is 1. The first-order chi connectivity index (χ1) is 9.06. The van der Waals surface area contributed by atoms with Gasteiger partial charge in [0.15, 0.2) is 0 Å². The second-order valence-corrected chi connectivity index (χ2v) is 5.93. The van der Waals surface area contributed by atoms with E-state index in [1.54, 1.807) is 0 Å². The van der Waals surface area contributed by atoms with Crippen molar-refractivity contribution in [3.8, 4) is 5.75 Å². The van der Waals surface area contributed by atoms with Crippen LogP contribution in [0.5, 0.6) is 5.75 Å². The van der Waals surface area contributed by atoms with E-state index < -0.39 is 0 Å². The lowest BCUT2D eigenvalue weighted by atomic mass is 10.1. The van der Waals surface area contributed by atoms with E-state index >= 15 is 0 Å². The highest BCUT2D eigenvalue weighted by atomic mass is 16.5. The first-order valence-corrected chi connectivity index (χ1v) is 7.32. The molecule has 104 valence electrons. The Morgan fingerprint density at radius 1 is 1.11 bits per heavy atom. The maximum Gasteiger partial charge on any atom is 0.120 e. The molecule has 1 heterocycles. The summed E-state index contributed by atoms with van der Waals surface area (Å²) in [4.78, 5) is 0. The number of nitrogens with zero attached hydrogens (tertiary/aromatic N) is 1. The Balaban J connectivity index is 2.10. The molecule has 0 amide bonds. The van der Waals surface area contributed by atoms with Gasteiger partial charge >= 0.3 is 0 Å². The summed E-state index contributed by atoms with van der Waals surface area (Å²) in [5.41, 5.74) is 1.31. The van der Waals surface area contributed by atoms with Crippen molar-refractivity contribution in [1.29, 1.82) is 0 Å². The molecule has 0 atom stereocenters. The van der Waals surface area contributed by atoms with E-state index in [1.165, 1.54) is 23.7 Å². The van der Waals surface area contributed by atoms with E-state index in [-0.39, 0.29) is 6.10 Å². The molecule has 2 heteroatoms. The third-order valence-corrected chi connectivity index (χ3v) is 3.29. The standard InChI is InChI=1S/C17H25NO/c1-13(2)6-5-10-18-11-9-15-12-16(19-14(3)4)7-8-17(15)18/h7-9,11-14H,5-6,10H2,1-4H3.